The van der Waals surface area contributed by atoms with E-state index in [1.165, 1.54) is 20.9 Å². The Morgan fingerprint density at radius 2 is 1.40 bits per heavy atom. The second kappa shape index (κ2) is 8.07. The average molecular weight is 364 g/mol. The minimum Gasteiger partial charge on any atom is -0.542 e. The van der Waals surface area contributed by atoms with E-state index in [0.29, 0.717) is 0 Å². The molecule has 0 radical (unpaired) electrons. The second-order valence-electron chi connectivity index (χ2n) is 5.09. The highest BCUT2D eigenvalue weighted by atomic mass is 32.2. The maximum Gasteiger partial charge on any atom is 0.430 e. The first kappa shape index (κ1) is 18.9. The summed E-state index contributed by atoms with van der Waals surface area (Å²) in [5, 5.41) is 8.78. The van der Waals surface area contributed by atoms with Crippen LogP contribution in [-0.4, -0.2) is 18.4 Å². The lowest BCUT2D eigenvalue weighted by Crippen LogP contribution is -2.37. The minimum atomic E-state index is -5.19. The van der Waals surface area contributed by atoms with E-state index in [4.69, 9.17) is 9.90 Å². The number of carbonyl (C=O) groups excluding carboxylic acids is 1. The van der Waals surface area contributed by atoms with Crippen molar-refractivity contribution in [2.45, 2.75) is 16.0 Å². The van der Waals surface area contributed by atoms with Gasteiger partial charge in [0.05, 0.1) is 10.9 Å². The van der Waals surface area contributed by atoms with E-state index in [1.807, 2.05) is 0 Å². The van der Waals surface area contributed by atoms with Crippen molar-refractivity contribution in [1.82, 2.24) is 0 Å². The predicted molar refractivity (Wildman–Crippen MR) is 90.4 cm³/mol. The van der Waals surface area contributed by atoms with Crippen LogP contribution in [0.3, 0.4) is 0 Å². The molecule has 0 bridgehead atoms. The standard InChI is InChI=1S/C17H15S.C2HF3O2/c1-18(15-9-5-3-6-10-15)17-13-12-14-8-4-2-7-11-16(14)17;3-2(4,5)1(6)7/h2-13H,1H3;(H,6,7)/q+1;/p-1. The van der Waals surface area contributed by atoms with Gasteiger partial charge in [0.25, 0.3) is 0 Å². The quantitative estimate of drug-likeness (QED) is 0.650. The number of carboxylic acid groups (broad SMARTS) is 1. The summed E-state index contributed by atoms with van der Waals surface area (Å²) in [5.41, 5.74) is 2.69. The van der Waals surface area contributed by atoms with Crippen LogP contribution in [-0.2, 0) is 15.7 Å². The molecule has 0 saturated heterocycles. The summed E-state index contributed by atoms with van der Waals surface area (Å²) in [6, 6.07) is 25.9. The van der Waals surface area contributed by atoms with Crippen LogP contribution in [0.15, 0.2) is 82.6 Å². The Morgan fingerprint density at radius 1 is 0.880 bits per heavy atom. The number of carboxylic acids is 1. The Morgan fingerprint density at radius 3 is 1.96 bits per heavy atom. The van der Waals surface area contributed by atoms with Crippen LogP contribution in [0.25, 0.3) is 11.1 Å². The summed E-state index contributed by atoms with van der Waals surface area (Å²) in [4.78, 5) is 11.6. The fourth-order valence-corrected chi connectivity index (χ4v) is 3.81. The van der Waals surface area contributed by atoms with Gasteiger partial charge in [-0.05, 0) is 35.9 Å². The second-order valence-corrected chi connectivity index (χ2v) is 7.02. The third-order valence-electron chi connectivity index (χ3n) is 3.41. The first-order chi connectivity index (χ1) is 11.8. The van der Waals surface area contributed by atoms with Crippen LogP contribution in [0.4, 0.5) is 13.2 Å². The minimum absolute atomic E-state index is 0.138. The number of rotatable bonds is 2. The number of hydrogen-bond acceptors (Lipinski definition) is 2. The molecule has 130 valence electrons. The van der Waals surface area contributed by atoms with Crippen LogP contribution in [0.5, 0.6) is 0 Å². The molecule has 0 saturated carbocycles. The van der Waals surface area contributed by atoms with Gasteiger partial charge in [-0.25, -0.2) is 0 Å². The number of carbonyl (C=O) groups is 1. The van der Waals surface area contributed by atoms with E-state index < -0.39 is 12.1 Å². The summed E-state index contributed by atoms with van der Waals surface area (Å²) in [7, 11) is 0.138. The smallest absolute Gasteiger partial charge is 0.430 e. The molecule has 2 aliphatic rings. The van der Waals surface area contributed by atoms with Crippen LogP contribution < -0.4 is 5.11 Å². The third kappa shape index (κ3) is 5.00. The van der Waals surface area contributed by atoms with Crippen molar-refractivity contribution < 1.29 is 23.1 Å². The van der Waals surface area contributed by atoms with E-state index in [-0.39, 0.29) is 10.9 Å². The molecular formula is C19H15F3O2S. The number of aliphatic carboxylic acids is 1. The van der Waals surface area contributed by atoms with Gasteiger partial charge in [-0.2, -0.15) is 13.2 Å². The van der Waals surface area contributed by atoms with E-state index >= 15 is 0 Å². The number of halogens is 3. The number of benzene rings is 1. The van der Waals surface area contributed by atoms with Gasteiger partial charge in [0, 0.05) is 5.56 Å². The topological polar surface area (TPSA) is 40.1 Å². The van der Waals surface area contributed by atoms with Gasteiger partial charge >= 0.3 is 6.18 Å². The molecule has 25 heavy (non-hydrogen) atoms. The maximum atomic E-state index is 10.5. The van der Waals surface area contributed by atoms with Crippen molar-refractivity contribution in [3.63, 3.8) is 0 Å². The van der Waals surface area contributed by atoms with Crippen molar-refractivity contribution in [2.75, 3.05) is 6.26 Å². The molecule has 0 spiro atoms. The van der Waals surface area contributed by atoms with Gasteiger partial charge in [-0.15, -0.1) is 0 Å². The Balaban J connectivity index is 0.000000277. The van der Waals surface area contributed by atoms with E-state index in [0.717, 1.165) is 0 Å². The van der Waals surface area contributed by atoms with Crippen molar-refractivity contribution in [3.8, 4) is 11.1 Å². The van der Waals surface area contributed by atoms with Crippen LogP contribution in [0, 0.1) is 0 Å². The molecule has 1 aromatic rings. The Hall–Kier alpha value is -2.47. The monoisotopic (exact) mass is 364 g/mol. The molecule has 1 atom stereocenters. The fourth-order valence-electron chi connectivity index (χ4n) is 2.20. The number of hydrogen-bond donors (Lipinski definition) is 0. The van der Waals surface area contributed by atoms with Gasteiger partial charge in [0.1, 0.15) is 12.2 Å². The Labute approximate surface area is 146 Å². The number of fused-ring (bicyclic) bond motifs is 1. The lowest BCUT2D eigenvalue weighted by Gasteiger charge is -2.03. The van der Waals surface area contributed by atoms with Crippen molar-refractivity contribution >= 4 is 16.9 Å². The lowest BCUT2D eigenvalue weighted by molar-refractivity contribution is -0.344. The van der Waals surface area contributed by atoms with Crippen LogP contribution >= 0.6 is 0 Å². The van der Waals surface area contributed by atoms with E-state index in [1.54, 1.807) is 0 Å². The molecule has 3 rings (SSSR count). The highest BCUT2D eigenvalue weighted by molar-refractivity contribution is 7.96. The van der Waals surface area contributed by atoms with Gasteiger partial charge in [-0.1, -0.05) is 42.5 Å². The van der Waals surface area contributed by atoms with Crippen molar-refractivity contribution in [1.29, 1.82) is 0 Å². The molecule has 0 amide bonds. The number of alkyl halides is 3. The molecule has 2 aliphatic carbocycles. The molecular weight excluding hydrogens is 349 g/mol. The van der Waals surface area contributed by atoms with Gasteiger partial charge < -0.3 is 9.90 Å². The van der Waals surface area contributed by atoms with Gasteiger partial charge in [0.15, 0.2) is 9.79 Å². The SMILES string of the molecule is C[S+](c1ccccc1)c1ccc2cccccc1-2.O=C([O-])C(F)(F)F. The summed E-state index contributed by atoms with van der Waals surface area (Å²) in [6.45, 7) is 0. The maximum absolute atomic E-state index is 10.5. The van der Waals surface area contributed by atoms with Crippen molar-refractivity contribution in [2.24, 2.45) is 0 Å². The molecule has 0 heterocycles. The first-order valence-corrected chi connectivity index (χ1v) is 8.91. The predicted octanol–water partition coefficient (Wildman–Crippen LogP) is 3.76. The molecule has 2 nitrogen and oxygen atoms in total. The fraction of sp³-hybridized carbons (Fsp3) is 0.105. The molecule has 1 unspecified atom stereocenters. The Bertz CT molecular complexity index is 803. The molecule has 0 aromatic heterocycles. The van der Waals surface area contributed by atoms with E-state index in [9.17, 15) is 13.2 Å². The Kier molecular flexibility index (Phi) is 6.09. The van der Waals surface area contributed by atoms with Gasteiger partial charge in [0.2, 0.25) is 0 Å². The van der Waals surface area contributed by atoms with Crippen LogP contribution in [0.1, 0.15) is 0 Å². The molecule has 0 aliphatic heterocycles. The molecule has 6 heteroatoms. The summed E-state index contributed by atoms with van der Waals surface area (Å²) < 4.78 is 31.5. The zero-order chi connectivity index (χ0) is 18.4. The highest BCUT2D eigenvalue weighted by Crippen LogP contribution is 2.34. The molecule has 0 N–H and O–H groups in total. The average Bonchev–Trinajstić information content (AvgIpc) is 2.83. The van der Waals surface area contributed by atoms with E-state index in [2.05, 4.69) is 79.1 Å². The largest absolute Gasteiger partial charge is 0.542 e. The summed E-state index contributed by atoms with van der Waals surface area (Å²) in [6.07, 6.45) is -2.89. The normalized spacial score (nSPS) is 12.2. The zero-order valence-electron chi connectivity index (χ0n) is 13.3. The van der Waals surface area contributed by atoms with Gasteiger partial charge in [-0.3, -0.25) is 0 Å². The summed E-state index contributed by atoms with van der Waals surface area (Å²) >= 11 is 0. The first-order valence-electron chi connectivity index (χ1n) is 7.27. The van der Waals surface area contributed by atoms with Crippen LogP contribution in [0.2, 0.25) is 0 Å². The lowest BCUT2D eigenvalue weighted by atomic mass is 10.2. The third-order valence-corrected chi connectivity index (χ3v) is 5.40. The highest BCUT2D eigenvalue weighted by Gasteiger charge is 2.28. The van der Waals surface area contributed by atoms with Crippen molar-refractivity contribution in [3.05, 3.63) is 72.8 Å². The molecule has 1 aromatic carbocycles. The zero-order valence-corrected chi connectivity index (χ0v) is 14.1. The summed E-state index contributed by atoms with van der Waals surface area (Å²) in [5.74, 6) is -3.01. The molecule has 0 fully saturated rings.